The fourth-order valence-electron chi connectivity index (χ4n) is 2.58. The fraction of sp³-hybridized carbons (Fsp3) is 0.105. The van der Waals surface area contributed by atoms with Gasteiger partial charge in [0.15, 0.2) is 0 Å². The largest absolute Gasteiger partial charge is 0.395 e. The van der Waals surface area contributed by atoms with E-state index in [4.69, 9.17) is 5.11 Å². The molecular formula is C19H16FN3O4. The molecule has 2 aromatic rings. The van der Waals surface area contributed by atoms with Crippen LogP contribution in [0.1, 0.15) is 10.4 Å². The highest BCUT2D eigenvalue weighted by molar-refractivity contribution is 6.18. The van der Waals surface area contributed by atoms with Crippen LogP contribution >= 0.6 is 0 Å². The smallest absolute Gasteiger partial charge is 0.277 e. The molecule has 1 aliphatic heterocycles. The van der Waals surface area contributed by atoms with Crippen molar-refractivity contribution in [1.82, 2.24) is 4.90 Å². The van der Waals surface area contributed by atoms with Crippen LogP contribution < -0.4 is 10.6 Å². The minimum atomic E-state index is -0.581. The van der Waals surface area contributed by atoms with Gasteiger partial charge in [0.1, 0.15) is 11.5 Å². The van der Waals surface area contributed by atoms with E-state index in [9.17, 15) is 18.8 Å². The van der Waals surface area contributed by atoms with Gasteiger partial charge in [-0.3, -0.25) is 19.3 Å². The maximum absolute atomic E-state index is 13.0. The van der Waals surface area contributed by atoms with Crippen molar-refractivity contribution in [1.29, 1.82) is 0 Å². The predicted octanol–water partition coefficient (Wildman–Crippen LogP) is 1.73. The van der Waals surface area contributed by atoms with Crippen molar-refractivity contribution < 1.29 is 23.9 Å². The number of nitrogens with zero attached hydrogens (tertiary/aromatic N) is 1. The number of hydrogen-bond donors (Lipinski definition) is 3. The summed E-state index contributed by atoms with van der Waals surface area (Å²) in [7, 11) is 0. The number of benzene rings is 2. The first kappa shape index (κ1) is 18.3. The quantitative estimate of drug-likeness (QED) is 0.674. The van der Waals surface area contributed by atoms with Gasteiger partial charge < -0.3 is 15.7 Å². The van der Waals surface area contributed by atoms with Gasteiger partial charge in [-0.25, -0.2) is 4.39 Å². The predicted molar refractivity (Wildman–Crippen MR) is 96.3 cm³/mol. The van der Waals surface area contributed by atoms with Gasteiger partial charge in [-0.15, -0.1) is 0 Å². The van der Waals surface area contributed by atoms with Crippen LogP contribution in [0.4, 0.5) is 15.8 Å². The van der Waals surface area contributed by atoms with Crippen LogP contribution in [0.25, 0.3) is 0 Å². The zero-order valence-corrected chi connectivity index (χ0v) is 14.1. The summed E-state index contributed by atoms with van der Waals surface area (Å²) in [4.78, 5) is 37.5. The minimum absolute atomic E-state index is 0.00971. The molecule has 3 N–H and O–H groups in total. The molecule has 1 aliphatic rings. The molecule has 0 radical (unpaired) electrons. The second-order valence-corrected chi connectivity index (χ2v) is 5.71. The Labute approximate surface area is 154 Å². The van der Waals surface area contributed by atoms with E-state index in [1.807, 2.05) is 0 Å². The van der Waals surface area contributed by atoms with Crippen LogP contribution in [-0.4, -0.2) is 40.9 Å². The Morgan fingerprint density at radius 3 is 2.48 bits per heavy atom. The Morgan fingerprint density at radius 1 is 1.07 bits per heavy atom. The molecule has 0 saturated carbocycles. The summed E-state index contributed by atoms with van der Waals surface area (Å²) in [6.45, 7) is -0.443. The van der Waals surface area contributed by atoms with Crippen LogP contribution in [0, 0.1) is 5.82 Å². The van der Waals surface area contributed by atoms with Crippen LogP contribution in [0.5, 0.6) is 0 Å². The number of β-amino-alcohol motifs (C(OH)–C–C–N with tert-alkyl or cyclic N) is 1. The van der Waals surface area contributed by atoms with Crippen LogP contribution in [0.15, 0.2) is 60.3 Å². The third-order valence-corrected chi connectivity index (χ3v) is 3.88. The molecule has 3 rings (SSSR count). The Kier molecular flexibility index (Phi) is 5.28. The van der Waals surface area contributed by atoms with Crippen molar-refractivity contribution in [3.63, 3.8) is 0 Å². The molecule has 7 nitrogen and oxygen atoms in total. The van der Waals surface area contributed by atoms with Gasteiger partial charge in [-0.05, 0) is 36.4 Å². The van der Waals surface area contributed by atoms with Crippen molar-refractivity contribution in [3.05, 3.63) is 71.7 Å². The number of rotatable bonds is 6. The summed E-state index contributed by atoms with van der Waals surface area (Å²) in [5, 5.41) is 14.4. The normalized spacial score (nSPS) is 13.6. The van der Waals surface area contributed by atoms with Gasteiger partial charge in [0.05, 0.1) is 24.4 Å². The van der Waals surface area contributed by atoms with Gasteiger partial charge in [0.2, 0.25) is 0 Å². The number of para-hydroxylation sites is 1. The van der Waals surface area contributed by atoms with Crippen molar-refractivity contribution in [3.8, 4) is 0 Å². The summed E-state index contributed by atoms with van der Waals surface area (Å²) in [5.41, 5.74) is 0.992. The average Bonchev–Trinajstić information content (AvgIpc) is 2.92. The van der Waals surface area contributed by atoms with Crippen molar-refractivity contribution >= 4 is 29.1 Å². The zero-order chi connectivity index (χ0) is 19.4. The molecule has 2 aromatic carbocycles. The van der Waals surface area contributed by atoms with Gasteiger partial charge in [-0.1, -0.05) is 12.1 Å². The summed E-state index contributed by atoms with van der Waals surface area (Å²) >= 11 is 0. The molecule has 0 aromatic heterocycles. The topological polar surface area (TPSA) is 98.7 Å². The number of halogens is 1. The van der Waals surface area contributed by atoms with E-state index < -0.39 is 23.5 Å². The zero-order valence-electron chi connectivity index (χ0n) is 14.1. The maximum Gasteiger partial charge on any atom is 0.277 e. The molecule has 0 atom stereocenters. The molecule has 3 amide bonds. The van der Waals surface area contributed by atoms with Gasteiger partial charge in [0, 0.05) is 11.8 Å². The van der Waals surface area contributed by atoms with Gasteiger partial charge in [-0.2, -0.15) is 0 Å². The van der Waals surface area contributed by atoms with Crippen LogP contribution in [0.3, 0.4) is 0 Å². The van der Waals surface area contributed by atoms with Gasteiger partial charge >= 0.3 is 0 Å². The highest BCUT2D eigenvalue weighted by atomic mass is 19.1. The maximum atomic E-state index is 13.0. The lowest BCUT2D eigenvalue weighted by atomic mass is 10.1. The molecule has 0 aliphatic carbocycles. The lowest BCUT2D eigenvalue weighted by molar-refractivity contribution is -0.137. The summed E-state index contributed by atoms with van der Waals surface area (Å²) < 4.78 is 13.0. The first-order chi connectivity index (χ1) is 13.0. The number of aliphatic hydroxyl groups excluding tert-OH is 1. The van der Waals surface area contributed by atoms with Crippen LogP contribution in [0.2, 0.25) is 0 Å². The van der Waals surface area contributed by atoms with Crippen molar-refractivity contribution in [2.75, 3.05) is 23.8 Å². The second-order valence-electron chi connectivity index (χ2n) is 5.71. The van der Waals surface area contributed by atoms with E-state index in [2.05, 4.69) is 10.6 Å². The molecular weight excluding hydrogens is 353 g/mol. The van der Waals surface area contributed by atoms with Crippen LogP contribution in [-0.2, 0) is 9.59 Å². The highest BCUT2D eigenvalue weighted by Crippen LogP contribution is 2.22. The third kappa shape index (κ3) is 4.01. The molecule has 0 spiro atoms. The SMILES string of the molecule is O=C(Nc1ccc(F)cc1)c1ccccc1NC1=CC(=O)N(CCO)C1=O. The number of imide groups is 1. The van der Waals surface area contributed by atoms with E-state index in [0.717, 1.165) is 11.0 Å². The standard InChI is InChI=1S/C19H16FN3O4/c20-12-5-7-13(8-6-12)21-18(26)14-3-1-2-4-15(14)22-16-11-17(25)23(9-10-24)19(16)27/h1-8,11,22,24H,9-10H2,(H,21,26). The second kappa shape index (κ2) is 7.79. The van der Waals surface area contributed by atoms with Crippen molar-refractivity contribution in [2.24, 2.45) is 0 Å². The number of hydrogen-bond acceptors (Lipinski definition) is 5. The molecule has 138 valence electrons. The molecule has 0 unspecified atom stereocenters. The Balaban J connectivity index is 1.79. The number of anilines is 2. The molecule has 0 bridgehead atoms. The molecule has 27 heavy (non-hydrogen) atoms. The van der Waals surface area contributed by atoms with Crippen molar-refractivity contribution in [2.45, 2.75) is 0 Å². The lowest BCUT2D eigenvalue weighted by Crippen LogP contribution is -2.34. The number of nitrogens with one attached hydrogen (secondary N) is 2. The monoisotopic (exact) mass is 369 g/mol. The summed E-state index contributed by atoms with van der Waals surface area (Å²) in [6.07, 6.45) is 1.12. The van der Waals surface area contributed by atoms with E-state index in [1.165, 1.54) is 24.3 Å². The Hall–Kier alpha value is -3.52. The van der Waals surface area contributed by atoms with E-state index >= 15 is 0 Å². The van der Waals surface area contributed by atoms with E-state index in [-0.39, 0.29) is 24.4 Å². The third-order valence-electron chi connectivity index (χ3n) is 3.88. The molecule has 1 heterocycles. The summed E-state index contributed by atoms with van der Waals surface area (Å²) in [5.74, 6) is -2.00. The minimum Gasteiger partial charge on any atom is -0.395 e. The van der Waals surface area contributed by atoms with E-state index in [0.29, 0.717) is 11.4 Å². The first-order valence-corrected chi connectivity index (χ1v) is 8.11. The Bertz CT molecular complexity index is 925. The Morgan fingerprint density at radius 2 is 1.78 bits per heavy atom. The molecule has 8 heteroatoms. The highest BCUT2D eigenvalue weighted by Gasteiger charge is 2.31. The number of carbonyl (C=O) groups excluding carboxylic acids is 3. The lowest BCUT2D eigenvalue weighted by Gasteiger charge is -2.15. The molecule has 0 saturated heterocycles. The summed E-state index contributed by atoms with van der Waals surface area (Å²) in [6, 6.07) is 11.8. The fourth-order valence-corrected chi connectivity index (χ4v) is 2.58. The number of carbonyl (C=O) groups is 3. The number of aliphatic hydroxyl groups is 1. The first-order valence-electron chi connectivity index (χ1n) is 8.11. The average molecular weight is 369 g/mol. The van der Waals surface area contributed by atoms with E-state index in [1.54, 1.807) is 24.3 Å². The van der Waals surface area contributed by atoms with Gasteiger partial charge in [0.25, 0.3) is 17.7 Å². The number of amides is 3. The molecule has 0 fully saturated rings.